The largest absolute Gasteiger partial charge is 0.349 e. The predicted molar refractivity (Wildman–Crippen MR) is 86.0 cm³/mol. The van der Waals surface area contributed by atoms with Crippen molar-refractivity contribution >= 4 is 28.4 Å². The van der Waals surface area contributed by atoms with E-state index in [0.29, 0.717) is 10.7 Å². The average molecular weight is 306 g/mol. The zero-order valence-corrected chi connectivity index (χ0v) is 13.1. The molecule has 3 rings (SSSR count). The lowest BCUT2D eigenvalue weighted by Gasteiger charge is -2.30. The van der Waals surface area contributed by atoms with Crippen LogP contribution in [0.3, 0.4) is 0 Å². The van der Waals surface area contributed by atoms with E-state index in [9.17, 15) is 4.79 Å². The number of carbonyl (C=O) groups excluding carboxylic acids is 1. The van der Waals surface area contributed by atoms with Gasteiger partial charge in [-0.3, -0.25) is 4.79 Å². The number of fused-ring (bicyclic) bond motifs is 1. The molecule has 1 atom stereocenters. The van der Waals surface area contributed by atoms with Crippen molar-refractivity contribution in [3.05, 3.63) is 34.5 Å². The van der Waals surface area contributed by atoms with Crippen molar-refractivity contribution in [2.24, 2.45) is 0 Å². The van der Waals surface area contributed by atoms with E-state index < -0.39 is 0 Å². The Kier molecular flexibility index (Phi) is 3.91. The van der Waals surface area contributed by atoms with E-state index >= 15 is 0 Å². The molecule has 0 bridgehead atoms. The van der Waals surface area contributed by atoms with Crippen molar-refractivity contribution in [1.82, 2.24) is 15.2 Å². The summed E-state index contributed by atoms with van der Waals surface area (Å²) in [6, 6.07) is 5.94. The molecule has 2 aromatic rings. The molecule has 112 valence electrons. The van der Waals surface area contributed by atoms with Gasteiger partial charge in [0, 0.05) is 18.0 Å². The van der Waals surface area contributed by atoms with Crippen LogP contribution in [0, 0.1) is 6.92 Å². The zero-order chi connectivity index (χ0) is 15.0. The highest BCUT2D eigenvalue weighted by atomic mass is 35.5. The van der Waals surface area contributed by atoms with Gasteiger partial charge in [-0.2, -0.15) is 0 Å². The van der Waals surface area contributed by atoms with E-state index in [-0.39, 0.29) is 11.9 Å². The molecule has 1 saturated heterocycles. The van der Waals surface area contributed by atoms with Crippen LogP contribution in [0.1, 0.15) is 28.9 Å². The molecular weight excluding hydrogens is 286 g/mol. The summed E-state index contributed by atoms with van der Waals surface area (Å²) >= 11 is 6.19. The molecular formula is C16H20ClN3O. The fourth-order valence-electron chi connectivity index (χ4n) is 3.09. The first-order valence-electron chi connectivity index (χ1n) is 7.32. The van der Waals surface area contributed by atoms with Crippen LogP contribution in [0.4, 0.5) is 0 Å². The van der Waals surface area contributed by atoms with E-state index in [1.165, 1.54) is 0 Å². The van der Waals surface area contributed by atoms with Gasteiger partial charge in [0.25, 0.3) is 5.91 Å². The van der Waals surface area contributed by atoms with Gasteiger partial charge in [0.1, 0.15) is 5.69 Å². The minimum Gasteiger partial charge on any atom is -0.349 e. The molecule has 1 amide bonds. The highest BCUT2D eigenvalue weighted by Gasteiger charge is 2.22. The number of aromatic amines is 1. The van der Waals surface area contributed by atoms with E-state index in [1.54, 1.807) is 0 Å². The van der Waals surface area contributed by atoms with Crippen LogP contribution in [0.15, 0.2) is 18.2 Å². The van der Waals surface area contributed by atoms with Gasteiger partial charge in [-0.25, -0.2) is 0 Å². The second-order valence-corrected chi connectivity index (χ2v) is 6.27. The number of nitrogens with zero attached hydrogens (tertiary/aromatic N) is 1. The summed E-state index contributed by atoms with van der Waals surface area (Å²) in [5, 5.41) is 4.79. The third-order valence-corrected chi connectivity index (χ3v) is 4.54. The number of likely N-dealkylation sites (tertiary alicyclic amines) is 1. The van der Waals surface area contributed by atoms with Crippen molar-refractivity contribution < 1.29 is 4.79 Å². The maximum Gasteiger partial charge on any atom is 0.268 e. The van der Waals surface area contributed by atoms with E-state index in [4.69, 9.17) is 11.6 Å². The number of amides is 1. The van der Waals surface area contributed by atoms with Crippen LogP contribution < -0.4 is 5.32 Å². The number of nitrogens with one attached hydrogen (secondary N) is 2. The lowest BCUT2D eigenvalue weighted by molar-refractivity contribution is 0.0907. The van der Waals surface area contributed by atoms with Gasteiger partial charge in [0.05, 0.1) is 10.5 Å². The summed E-state index contributed by atoms with van der Waals surface area (Å²) in [6.07, 6.45) is 2.16. The SMILES string of the molecule is Cc1c(C(=O)NC2CCCN(C)C2)[nH]c2c(Cl)cccc12. The number of halogens is 1. The maximum atomic E-state index is 12.5. The molecule has 1 fully saturated rings. The molecule has 1 aliphatic rings. The first-order chi connectivity index (χ1) is 10.1. The standard InChI is InChI=1S/C16H20ClN3O/c1-10-12-6-3-7-13(17)15(12)19-14(10)16(21)18-11-5-4-8-20(2)9-11/h3,6-7,11,19H,4-5,8-9H2,1-2H3,(H,18,21). The number of aryl methyl sites for hydroxylation is 1. The quantitative estimate of drug-likeness (QED) is 0.896. The first kappa shape index (κ1) is 14.4. The normalized spacial score (nSPS) is 19.9. The molecule has 2 heterocycles. The number of aromatic nitrogens is 1. The summed E-state index contributed by atoms with van der Waals surface area (Å²) in [4.78, 5) is 17.9. The molecule has 0 spiro atoms. The average Bonchev–Trinajstić information content (AvgIpc) is 2.78. The number of hydrogen-bond donors (Lipinski definition) is 2. The number of H-pyrrole nitrogens is 1. The summed E-state index contributed by atoms with van der Waals surface area (Å²) in [5.74, 6) is -0.0416. The number of piperidine rings is 1. The third kappa shape index (κ3) is 2.78. The topological polar surface area (TPSA) is 48.1 Å². The van der Waals surface area contributed by atoms with Crippen LogP contribution in [0.2, 0.25) is 5.02 Å². The smallest absolute Gasteiger partial charge is 0.268 e. The van der Waals surface area contributed by atoms with Gasteiger partial charge >= 0.3 is 0 Å². The predicted octanol–water partition coefficient (Wildman–Crippen LogP) is 2.95. The van der Waals surface area contributed by atoms with Gasteiger partial charge in [0.15, 0.2) is 0 Å². The molecule has 2 N–H and O–H groups in total. The monoisotopic (exact) mass is 305 g/mol. The summed E-state index contributed by atoms with van der Waals surface area (Å²) < 4.78 is 0. The zero-order valence-electron chi connectivity index (χ0n) is 12.4. The number of carbonyl (C=O) groups is 1. The molecule has 1 aliphatic heterocycles. The van der Waals surface area contributed by atoms with Gasteiger partial charge in [0.2, 0.25) is 0 Å². The van der Waals surface area contributed by atoms with Gasteiger partial charge in [-0.15, -0.1) is 0 Å². The van der Waals surface area contributed by atoms with Gasteiger partial charge in [-0.1, -0.05) is 23.7 Å². The van der Waals surface area contributed by atoms with Crippen molar-refractivity contribution in [1.29, 1.82) is 0 Å². The summed E-state index contributed by atoms with van der Waals surface area (Å²) in [6.45, 7) is 3.97. The van der Waals surface area contributed by atoms with Crippen molar-refractivity contribution in [2.75, 3.05) is 20.1 Å². The Morgan fingerprint density at radius 1 is 1.48 bits per heavy atom. The van der Waals surface area contributed by atoms with E-state index in [1.807, 2.05) is 25.1 Å². The fraction of sp³-hybridized carbons (Fsp3) is 0.438. The highest BCUT2D eigenvalue weighted by molar-refractivity contribution is 6.35. The Balaban J connectivity index is 1.84. The number of para-hydroxylation sites is 1. The van der Waals surface area contributed by atoms with Gasteiger partial charge in [-0.05, 0) is 45.0 Å². The van der Waals surface area contributed by atoms with Gasteiger partial charge < -0.3 is 15.2 Å². The second-order valence-electron chi connectivity index (χ2n) is 5.86. The van der Waals surface area contributed by atoms with Crippen LogP contribution in [-0.2, 0) is 0 Å². The minimum atomic E-state index is -0.0416. The molecule has 0 aliphatic carbocycles. The summed E-state index contributed by atoms with van der Waals surface area (Å²) in [7, 11) is 2.09. The lowest BCUT2D eigenvalue weighted by atomic mass is 10.1. The van der Waals surface area contributed by atoms with Crippen LogP contribution in [-0.4, -0.2) is 42.0 Å². The molecule has 0 radical (unpaired) electrons. The van der Waals surface area contributed by atoms with Crippen LogP contribution in [0.5, 0.6) is 0 Å². The molecule has 1 aromatic carbocycles. The molecule has 4 nitrogen and oxygen atoms in total. The Bertz CT molecular complexity index is 679. The number of benzene rings is 1. The van der Waals surface area contributed by atoms with Crippen LogP contribution >= 0.6 is 11.6 Å². The minimum absolute atomic E-state index is 0.0416. The first-order valence-corrected chi connectivity index (χ1v) is 7.70. The Morgan fingerprint density at radius 2 is 2.29 bits per heavy atom. The highest BCUT2D eigenvalue weighted by Crippen LogP contribution is 2.27. The molecule has 21 heavy (non-hydrogen) atoms. The number of hydrogen-bond acceptors (Lipinski definition) is 2. The van der Waals surface area contributed by atoms with E-state index in [0.717, 1.165) is 42.4 Å². The Hall–Kier alpha value is -1.52. The Labute approximate surface area is 129 Å². The lowest BCUT2D eigenvalue weighted by Crippen LogP contribution is -2.46. The molecule has 5 heteroatoms. The number of rotatable bonds is 2. The van der Waals surface area contributed by atoms with Crippen LogP contribution in [0.25, 0.3) is 10.9 Å². The molecule has 1 aromatic heterocycles. The third-order valence-electron chi connectivity index (χ3n) is 4.23. The molecule has 1 unspecified atom stereocenters. The number of likely N-dealkylation sites (N-methyl/N-ethyl adjacent to an activating group) is 1. The Morgan fingerprint density at radius 3 is 3.00 bits per heavy atom. The maximum absolute atomic E-state index is 12.5. The van der Waals surface area contributed by atoms with Crippen molar-refractivity contribution in [3.8, 4) is 0 Å². The second kappa shape index (κ2) is 5.70. The van der Waals surface area contributed by atoms with Crippen molar-refractivity contribution in [2.45, 2.75) is 25.8 Å². The molecule has 0 saturated carbocycles. The van der Waals surface area contributed by atoms with Crippen molar-refractivity contribution in [3.63, 3.8) is 0 Å². The summed E-state index contributed by atoms with van der Waals surface area (Å²) in [5.41, 5.74) is 2.41. The van der Waals surface area contributed by atoms with E-state index in [2.05, 4.69) is 22.2 Å². The fourth-order valence-corrected chi connectivity index (χ4v) is 3.31.